The van der Waals surface area contributed by atoms with Crippen LogP contribution in [0.5, 0.6) is 0 Å². The van der Waals surface area contributed by atoms with Crippen LogP contribution in [0.2, 0.25) is 0 Å². The van der Waals surface area contributed by atoms with Gasteiger partial charge in [-0.3, -0.25) is 14.2 Å². The van der Waals surface area contributed by atoms with Gasteiger partial charge in [-0.2, -0.15) is 0 Å². The monoisotopic (exact) mass is 401 g/mol. The van der Waals surface area contributed by atoms with Gasteiger partial charge in [0.1, 0.15) is 4.70 Å². The number of hydrogen-bond donors (Lipinski definition) is 1. The molecule has 0 aliphatic heterocycles. The van der Waals surface area contributed by atoms with E-state index in [1.807, 2.05) is 43.5 Å². The molecule has 2 heterocycles. The Hall–Kier alpha value is -2.12. The first-order chi connectivity index (χ1) is 13.0. The van der Waals surface area contributed by atoms with Crippen molar-refractivity contribution in [1.29, 1.82) is 0 Å². The highest BCUT2D eigenvalue weighted by Gasteiger charge is 2.14. The zero-order chi connectivity index (χ0) is 19.4. The molecule has 1 N–H and O–H groups in total. The zero-order valence-corrected chi connectivity index (χ0v) is 17.4. The summed E-state index contributed by atoms with van der Waals surface area (Å²) in [4.78, 5) is 29.8. The number of amides is 1. The third-order valence-electron chi connectivity index (χ3n) is 4.25. The lowest BCUT2D eigenvalue weighted by Crippen LogP contribution is -2.23. The number of carbonyl (C=O) groups excluding carboxylic acids is 1. The van der Waals surface area contributed by atoms with E-state index in [1.165, 1.54) is 23.1 Å². The van der Waals surface area contributed by atoms with Crippen molar-refractivity contribution in [2.45, 2.75) is 45.3 Å². The summed E-state index contributed by atoms with van der Waals surface area (Å²) in [5, 5.41) is 5.43. The van der Waals surface area contributed by atoms with Crippen molar-refractivity contribution in [2.75, 3.05) is 11.1 Å². The van der Waals surface area contributed by atoms with Crippen LogP contribution in [-0.2, 0) is 11.3 Å². The van der Waals surface area contributed by atoms with Gasteiger partial charge < -0.3 is 5.32 Å². The number of carbonyl (C=O) groups is 1. The number of hydrogen-bond acceptors (Lipinski definition) is 5. The van der Waals surface area contributed by atoms with Crippen LogP contribution in [0, 0.1) is 13.8 Å². The van der Waals surface area contributed by atoms with Crippen molar-refractivity contribution in [1.82, 2.24) is 9.55 Å². The first-order valence-electron chi connectivity index (χ1n) is 8.97. The number of thiophene rings is 1. The minimum atomic E-state index is -0.103. The summed E-state index contributed by atoms with van der Waals surface area (Å²) in [6.45, 7) is 6.71. The predicted octanol–water partition coefficient (Wildman–Crippen LogP) is 4.61. The molecule has 5 nitrogen and oxygen atoms in total. The van der Waals surface area contributed by atoms with Crippen molar-refractivity contribution in [3.63, 3.8) is 0 Å². The zero-order valence-electron chi connectivity index (χ0n) is 15.7. The van der Waals surface area contributed by atoms with E-state index in [9.17, 15) is 9.59 Å². The fraction of sp³-hybridized carbons (Fsp3) is 0.350. The lowest BCUT2D eigenvalue weighted by Gasteiger charge is -2.12. The molecule has 0 aliphatic rings. The lowest BCUT2D eigenvalue weighted by molar-refractivity contribution is -0.113. The van der Waals surface area contributed by atoms with E-state index in [4.69, 9.17) is 0 Å². The Morgan fingerprint density at radius 2 is 2.11 bits per heavy atom. The van der Waals surface area contributed by atoms with E-state index in [-0.39, 0.29) is 17.2 Å². The summed E-state index contributed by atoms with van der Waals surface area (Å²) in [6, 6.07) is 7.78. The summed E-state index contributed by atoms with van der Waals surface area (Å²) < 4.78 is 2.38. The van der Waals surface area contributed by atoms with Gasteiger partial charge >= 0.3 is 0 Å². The average molecular weight is 402 g/mol. The van der Waals surface area contributed by atoms with Crippen LogP contribution in [0.4, 0.5) is 5.69 Å². The highest BCUT2D eigenvalue weighted by molar-refractivity contribution is 7.99. The molecule has 1 aromatic carbocycles. The van der Waals surface area contributed by atoms with E-state index < -0.39 is 0 Å². The van der Waals surface area contributed by atoms with Gasteiger partial charge in [-0.15, -0.1) is 11.3 Å². The van der Waals surface area contributed by atoms with Crippen molar-refractivity contribution >= 4 is 44.9 Å². The fourth-order valence-corrected chi connectivity index (χ4v) is 4.42. The van der Waals surface area contributed by atoms with Gasteiger partial charge in [-0.05, 0) is 43.3 Å². The number of rotatable bonds is 7. The number of aryl methyl sites for hydroxylation is 2. The summed E-state index contributed by atoms with van der Waals surface area (Å²) in [5.41, 5.74) is 3.70. The second kappa shape index (κ2) is 8.71. The van der Waals surface area contributed by atoms with Gasteiger partial charge in [-0.1, -0.05) is 42.8 Å². The van der Waals surface area contributed by atoms with Crippen molar-refractivity contribution in [3.05, 3.63) is 51.1 Å². The standard InChI is InChI=1S/C20H23N3O2S2/c1-4-5-9-23-19(25)18-16(8-10-26-18)22-20(23)27-12-17(24)21-15-7-6-13(2)11-14(15)3/h6-8,10-11H,4-5,9,12H2,1-3H3,(H,21,24). The minimum absolute atomic E-state index is 0.0132. The lowest BCUT2D eigenvalue weighted by atomic mass is 10.1. The number of thioether (sulfide) groups is 1. The van der Waals surface area contributed by atoms with Crippen LogP contribution in [0.1, 0.15) is 30.9 Å². The maximum atomic E-state index is 12.7. The van der Waals surface area contributed by atoms with E-state index in [0.717, 1.165) is 29.7 Å². The largest absolute Gasteiger partial charge is 0.325 e. The second-order valence-corrected chi connectivity index (χ2v) is 8.35. The maximum Gasteiger partial charge on any atom is 0.272 e. The third kappa shape index (κ3) is 4.59. The Bertz CT molecular complexity index is 1020. The molecule has 0 unspecified atom stereocenters. The van der Waals surface area contributed by atoms with E-state index in [1.54, 1.807) is 4.57 Å². The first kappa shape index (κ1) is 19.6. The first-order valence-corrected chi connectivity index (χ1v) is 10.8. The summed E-state index contributed by atoms with van der Waals surface area (Å²) >= 11 is 2.73. The van der Waals surface area contributed by atoms with Crippen LogP contribution in [0.3, 0.4) is 0 Å². The van der Waals surface area contributed by atoms with Gasteiger partial charge in [0.15, 0.2) is 5.16 Å². The number of benzene rings is 1. The van der Waals surface area contributed by atoms with Crippen molar-refractivity contribution in [3.8, 4) is 0 Å². The van der Waals surface area contributed by atoms with Crippen LogP contribution < -0.4 is 10.9 Å². The van der Waals surface area contributed by atoms with Crippen LogP contribution in [-0.4, -0.2) is 21.2 Å². The normalized spacial score (nSPS) is 11.1. The Morgan fingerprint density at radius 3 is 2.85 bits per heavy atom. The molecule has 1 amide bonds. The molecule has 0 saturated carbocycles. The Balaban J connectivity index is 1.77. The average Bonchev–Trinajstić information content (AvgIpc) is 3.10. The molecule has 7 heteroatoms. The predicted molar refractivity (Wildman–Crippen MR) is 114 cm³/mol. The molecule has 3 rings (SSSR count). The van der Waals surface area contributed by atoms with Gasteiger partial charge in [0.25, 0.3) is 5.56 Å². The van der Waals surface area contributed by atoms with Gasteiger partial charge in [0, 0.05) is 12.2 Å². The molecule has 0 spiro atoms. The van der Waals surface area contributed by atoms with Crippen LogP contribution in [0.25, 0.3) is 10.2 Å². The number of nitrogens with zero attached hydrogens (tertiary/aromatic N) is 2. The summed E-state index contributed by atoms with van der Waals surface area (Å²) in [7, 11) is 0. The maximum absolute atomic E-state index is 12.7. The number of unbranched alkanes of at least 4 members (excludes halogenated alkanes) is 1. The summed E-state index contributed by atoms with van der Waals surface area (Å²) in [5.74, 6) is 0.107. The van der Waals surface area contributed by atoms with Gasteiger partial charge in [0.2, 0.25) is 5.91 Å². The molecule has 0 saturated heterocycles. The quantitative estimate of drug-likeness (QED) is 0.464. The molecular formula is C20H23N3O2S2. The molecule has 142 valence electrons. The Kier molecular flexibility index (Phi) is 6.34. The molecule has 2 aromatic heterocycles. The number of fused-ring (bicyclic) bond motifs is 1. The number of anilines is 1. The molecule has 3 aromatic rings. The third-order valence-corrected chi connectivity index (χ3v) is 6.12. The minimum Gasteiger partial charge on any atom is -0.325 e. The molecule has 0 bridgehead atoms. The highest BCUT2D eigenvalue weighted by Crippen LogP contribution is 2.22. The molecule has 0 fully saturated rings. The Labute approximate surface area is 166 Å². The molecule has 0 radical (unpaired) electrons. The van der Waals surface area contributed by atoms with Gasteiger partial charge in [0.05, 0.1) is 11.3 Å². The van der Waals surface area contributed by atoms with Crippen LogP contribution in [0.15, 0.2) is 39.6 Å². The SMILES string of the molecule is CCCCn1c(SCC(=O)Nc2ccc(C)cc2C)nc2ccsc2c1=O. The smallest absolute Gasteiger partial charge is 0.272 e. The van der Waals surface area contributed by atoms with E-state index in [0.29, 0.717) is 21.9 Å². The van der Waals surface area contributed by atoms with Gasteiger partial charge in [-0.25, -0.2) is 4.98 Å². The number of aromatic nitrogens is 2. The highest BCUT2D eigenvalue weighted by atomic mass is 32.2. The second-order valence-electron chi connectivity index (χ2n) is 6.49. The molecule has 0 aliphatic carbocycles. The van der Waals surface area contributed by atoms with Crippen molar-refractivity contribution in [2.24, 2.45) is 0 Å². The number of nitrogens with one attached hydrogen (secondary N) is 1. The summed E-state index contributed by atoms with van der Waals surface area (Å²) in [6.07, 6.45) is 1.90. The van der Waals surface area contributed by atoms with E-state index in [2.05, 4.69) is 17.2 Å². The Morgan fingerprint density at radius 1 is 1.30 bits per heavy atom. The molecular weight excluding hydrogens is 378 g/mol. The molecule has 27 heavy (non-hydrogen) atoms. The van der Waals surface area contributed by atoms with Crippen molar-refractivity contribution < 1.29 is 4.79 Å². The van der Waals surface area contributed by atoms with Crippen LogP contribution >= 0.6 is 23.1 Å². The fourth-order valence-electron chi connectivity index (χ4n) is 2.82. The topological polar surface area (TPSA) is 64.0 Å². The van der Waals surface area contributed by atoms with E-state index >= 15 is 0 Å². The molecule has 0 atom stereocenters.